The predicted octanol–water partition coefficient (Wildman–Crippen LogP) is 4.84. The molecular formula is C18H22N2OS. The van der Waals surface area contributed by atoms with Crippen LogP contribution in [0, 0.1) is 5.92 Å². The zero-order chi connectivity index (χ0) is 15.9. The summed E-state index contributed by atoms with van der Waals surface area (Å²) in [6.45, 7) is 8.62. The summed E-state index contributed by atoms with van der Waals surface area (Å²) in [5.41, 5.74) is 5.76. The first kappa shape index (κ1) is 15.2. The molecule has 0 radical (unpaired) electrons. The Morgan fingerprint density at radius 2 is 2.09 bits per heavy atom. The molecule has 2 heterocycles. The fourth-order valence-electron chi connectivity index (χ4n) is 2.93. The number of fused-ring (bicyclic) bond motifs is 1. The third-order valence-electron chi connectivity index (χ3n) is 4.33. The third-order valence-corrected chi connectivity index (χ3v) is 5.21. The molecule has 0 aromatic carbocycles. The lowest BCUT2D eigenvalue weighted by atomic mass is 9.84. The van der Waals surface area contributed by atoms with Crippen LogP contribution in [0.25, 0.3) is 0 Å². The average molecular weight is 314 g/mol. The summed E-state index contributed by atoms with van der Waals surface area (Å²) in [5, 5.41) is 3.15. The van der Waals surface area contributed by atoms with Gasteiger partial charge in [-0.15, -0.1) is 11.3 Å². The van der Waals surface area contributed by atoms with E-state index in [2.05, 4.69) is 45.2 Å². The summed E-state index contributed by atoms with van der Waals surface area (Å²) in [6, 6.07) is 0. The Morgan fingerprint density at radius 3 is 2.73 bits per heavy atom. The zero-order valence-corrected chi connectivity index (χ0v) is 14.6. The summed E-state index contributed by atoms with van der Waals surface area (Å²) < 4.78 is 5.47. The Bertz CT molecular complexity index is 719. The second kappa shape index (κ2) is 5.84. The van der Waals surface area contributed by atoms with Crippen molar-refractivity contribution in [2.75, 3.05) is 7.11 Å². The van der Waals surface area contributed by atoms with E-state index < -0.39 is 0 Å². The molecule has 2 aliphatic rings. The van der Waals surface area contributed by atoms with Gasteiger partial charge in [-0.3, -0.25) is 0 Å². The summed E-state index contributed by atoms with van der Waals surface area (Å²) in [5.74, 6) is 1.78. The molecule has 3 rings (SSSR count). The summed E-state index contributed by atoms with van der Waals surface area (Å²) in [4.78, 5) is 9.67. The largest absolute Gasteiger partial charge is 0.497 e. The second-order valence-electron chi connectivity index (χ2n) is 6.19. The van der Waals surface area contributed by atoms with Gasteiger partial charge in [0.2, 0.25) is 0 Å². The number of nitrogens with zero attached hydrogens (tertiary/aromatic N) is 2. The summed E-state index contributed by atoms with van der Waals surface area (Å²) in [7, 11) is 1.72. The number of ether oxygens (including phenoxy) is 1. The van der Waals surface area contributed by atoms with E-state index in [9.17, 15) is 0 Å². The van der Waals surface area contributed by atoms with Crippen molar-refractivity contribution in [3.05, 3.63) is 50.8 Å². The molecule has 116 valence electrons. The lowest BCUT2D eigenvalue weighted by Gasteiger charge is -2.28. The molecular weight excluding hydrogens is 292 g/mol. The normalized spacial score (nSPS) is 21.4. The van der Waals surface area contributed by atoms with Crippen LogP contribution in [0.3, 0.4) is 0 Å². The molecule has 1 atom stereocenters. The van der Waals surface area contributed by atoms with Crippen LogP contribution < -0.4 is 0 Å². The van der Waals surface area contributed by atoms with Crippen molar-refractivity contribution in [1.29, 1.82) is 0 Å². The first-order chi connectivity index (χ1) is 10.5. The van der Waals surface area contributed by atoms with E-state index in [-0.39, 0.29) is 0 Å². The van der Waals surface area contributed by atoms with Crippen LogP contribution >= 0.6 is 11.3 Å². The molecule has 3 nitrogen and oxygen atoms in total. The standard InChI is InChI=1S/C18H22N2OS/c1-10(2)15-9-22-18(20-15)14-8-11(3)13-6-7-16(21-5)12(4)17(13)19-14/h7-10,13H,6H2,1-5H3. The quantitative estimate of drug-likeness (QED) is 0.800. The first-order valence-electron chi connectivity index (χ1n) is 7.69. The Labute approximate surface area is 136 Å². The minimum absolute atomic E-state index is 0.382. The maximum absolute atomic E-state index is 5.47. The molecule has 22 heavy (non-hydrogen) atoms. The minimum Gasteiger partial charge on any atom is -0.497 e. The maximum atomic E-state index is 5.47. The van der Waals surface area contributed by atoms with E-state index in [0.717, 1.165) is 39.9 Å². The minimum atomic E-state index is 0.382. The van der Waals surface area contributed by atoms with Crippen molar-refractivity contribution in [3.63, 3.8) is 0 Å². The summed E-state index contributed by atoms with van der Waals surface area (Å²) >= 11 is 1.68. The second-order valence-corrected chi connectivity index (χ2v) is 7.05. The van der Waals surface area contributed by atoms with Crippen LogP contribution in [0.15, 0.2) is 45.1 Å². The number of methoxy groups -OCH3 is 1. The van der Waals surface area contributed by atoms with E-state index in [0.29, 0.717) is 11.8 Å². The van der Waals surface area contributed by atoms with Gasteiger partial charge in [0, 0.05) is 16.9 Å². The highest BCUT2D eigenvalue weighted by Crippen LogP contribution is 2.38. The van der Waals surface area contributed by atoms with Gasteiger partial charge in [-0.05, 0) is 38.3 Å². The van der Waals surface area contributed by atoms with E-state index in [4.69, 9.17) is 14.7 Å². The molecule has 1 unspecified atom stereocenters. The number of rotatable bonds is 3. The highest BCUT2D eigenvalue weighted by Gasteiger charge is 2.28. The van der Waals surface area contributed by atoms with Crippen LogP contribution in [0.1, 0.15) is 50.7 Å². The molecule has 0 spiro atoms. The number of hydrogen-bond acceptors (Lipinski definition) is 4. The number of dihydropyridines is 1. The first-order valence-corrected chi connectivity index (χ1v) is 8.57. The molecule has 4 heteroatoms. The van der Waals surface area contributed by atoms with Gasteiger partial charge in [-0.2, -0.15) is 0 Å². The van der Waals surface area contributed by atoms with Crippen molar-refractivity contribution < 1.29 is 4.74 Å². The highest BCUT2D eigenvalue weighted by atomic mass is 32.1. The van der Waals surface area contributed by atoms with E-state index in [1.54, 1.807) is 18.4 Å². The summed E-state index contributed by atoms with van der Waals surface area (Å²) in [6.07, 6.45) is 5.32. The number of thiazole rings is 1. The van der Waals surface area contributed by atoms with Gasteiger partial charge in [0.25, 0.3) is 0 Å². The molecule has 1 aliphatic heterocycles. The van der Waals surface area contributed by atoms with Crippen LogP contribution in [-0.4, -0.2) is 17.8 Å². The topological polar surface area (TPSA) is 34.5 Å². The average Bonchev–Trinajstić information content (AvgIpc) is 2.98. The van der Waals surface area contributed by atoms with Crippen LogP contribution in [0.4, 0.5) is 0 Å². The molecule has 0 fully saturated rings. The van der Waals surface area contributed by atoms with E-state index in [1.165, 1.54) is 5.57 Å². The fraction of sp³-hybridized carbons (Fsp3) is 0.444. The van der Waals surface area contributed by atoms with E-state index in [1.807, 2.05) is 0 Å². The van der Waals surface area contributed by atoms with Crippen LogP contribution in [-0.2, 0) is 4.74 Å². The van der Waals surface area contributed by atoms with Gasteiger partial charge in [0.1, 0.15) is 10.8 Å². The molecule has 1 aromatic heterocycles. The Kier molecular flexibility index (Phi) is 4.04. The van der Waals surface area contributed by atoms with Gasteiger partial charge in [0.15, 0.2) is 0 Å². The molecule has 1 aromatic rings. The van der Waals surface area contributed by atoms with Crippen molar-refractivity contribution in [2.45, 2.75) is 40.0 Å². The number of aliphatic imine (C=N–C) groups is 1. The predicted molar refractivity (Wildman–Crippen MR) is 92.4 cm³/mol. The SMILES string of the molecule is COC1=CCC2C(C)=CC(c3nc(C(C)C)cs3)=NC2=C1C. The van der Waals surface area contributed by atoms with Crippen molar-refractivity contribution in [1.82, 2.24) is 4.98 Å². The van der Waals surface area contributed by atoms with Crippen molar-refractivity contribution in [2.24, 2.45) is 10.9 Å². The lowest BCUT2D eigenvalue weighted by molar-refractivity contribution is 0.294. The molecule has 1 aliphatic carbocycles. The molecule has 0 amide bonds. The monoisotopic (exact) mass is 314 g/mol. The lowest BCUT2D eigenvalue weighted by Crippen LogP contribution is -2.18. The van der Waals surface area contributed by atoms with Crippen molar-refractivity contribution in [3.8, 4) is 0 Å². The Morgan fingerprint density at radius 1 is 1.32 bits per heavy atom. The molecule has 0 N–H and O–H groups in total. The number of hydrogen-bond donors (Lipinski definition) is 0. The van der Waals surface area contributed by atoms with Gasteiger partial charge in [0.05, 0.1) is 24.2 Å². The van der Waals surface area contributed by atoms with E-state index >= 15 is 0 Å². The Balaban J connectivity index is 2.04. The maximum Gasteiger partial charge on any atom is 0.142 e. The van der Waals surface area contributed by atoms with Gasteiger partial charge in [-0.25, -0.2) is 9.98 Å². The highest BCUT2D eigenvalue weighted by molar-refractivity contribution is 7.12. The van der Waals surface area contributed by atoms with Crippen LogP contribution in [0.5, 0.6) is 0 Å². The number of allylic oxidation sites excluding steroid dienone is 4. The van der Waals surface area contributed by atoms with Gasteiger partial charge < -0.3 is 4.74 Å². The van der Waals surface area contributed by atoms with Gasteiger partial charge >= 0.3 is 0 Å². The molecule has 0 bridgehead atoms. The number of aromatic nitrogens is 1. The molecule has 0 saturated carbocycles. The fourth-order valence-corrected chi connectivity index (χ4v) is 3.87. The van der Waals surface area contributed by atoms with Gasteiger partial charge in [-0.1, -0.05) is 19.4 Å². The Hall–Kier alpha value is -1.68. The van der Waals surface area contributed by atoms with Crippen LogP contribution in [0.2, 0.25) is 0 Å². The smallest absolute Gasteiger partial charge is 0.142 e. The van der Waals surface area contributed by atoms with Crippen molar-refractivity contribution >= 4 is 17.0 Å². The molecule has 0 saturated heterocycles. The zero-order valence-electron chi connectivity index (χ0n) is 13.8. The third kappa shape index (κ3) is 2.56.